The quantitative estimate of drug-likeness (QED) is 0.219. The zero-order valence-corrected chi connectivity index (χ0v) is 27.6. The van der Waals surface area contributed by atoms with Crippen molar-refractivity contribution in [3.63, 3.8) is 0 Å². The van der Waals surface area contributed by atoms with E-state index in [0.717, 1.165) is 22.1 Å². The zero-order valence-electron chi connectivity index (χ0n) is 27.6. The van der Waals surface area contributed by atoms with Gasteiger partial charge in [0.15, 0.2) is 11.5 Å². The number of carbonyl (C=O) groups excluding carboxylic acids is 1. The Kier molecular flexibility index (Phi) is 8.00. The molecular weight excluding hydrogens is 623 g/mol. The molecule has 1 aromatic heterocycles. The minimum absolute atomic E-state index is 0.162. The van der Waals surface area contributed by atoms with Gasteiger partial charge in [-0.1, -0.05) is 30.3 Å². The molecule has 0 spiro atoms. The lowest BCUT2D eigenvalue weighted by Crippen LogP contribution is -2.42. The van der Waals surface area contributed by atoms with E-state index < -0.39 is 41.3 Å². The second-order valence-corrected chi connectivity index (χ2v) is 13.5. The third-order valence-corrected chi connectivity index (χ3v) is 8.63. The number of anilines is 1. The Morgan fingerprint density at radius 1 is 1.04 bits per heavy atom. The van der Waals surface area contributed by atoms with Gasteiger partial charge in [-0.05, 0) is 83.4 Å². The third-order valence-electron chi connectivity index (χ3n) is 8.63. The highest BCUT2D eigenvalue weighted by molar-refractivity contribution is 6.18. The van der Waals surface area contributed by atoms with Crippen LogP contribution in [0.4, 0.5) is 18.9 Å². The highest BCUT2D eigenvalue weighted by Crippen LogP contribution is 2.48. The van der Waals surface area contributed by atoms with Crippen LogP contribution >= 0.6 is 0 Å². The Balaban J connectivity index is 1.58. The Morgan fingerprint density at radius 2 is 1.77 bits per heavy atom. The standard InChI is InChI=1S/C37H36F3N3O5/c1-7-47-28-16-22-17-35(3,4)42-30(29(22)26-18-36(5,6)48-32(26)28)24-14-15-25(33(44)45)31(20(24)2)43(34(46)37(38,39)40)19-23-13-12-21-10-8-9-11-27(21)41-23/h8-16H,7,17-19H2,1-6H3,(H,44,45). The number of pyridine rings is 1. The molecule has 3 aromatic carbocycles. The largest absolute Gasteiger partial charge is 0.490 e. The minimum atomic E-state index is -5.30. The first-order valence-electron chi connectivity index (χ1n) is 15.7. The van der Waals surface area contributed by atoms with Crippen LogP contribution in [0, 0.1) is 6.92 Å². The van der Waals surface area contributed by atoms with E-state index in [2.05, 4.69) is 4.98 Å². The molecule has 0 bridgehead atoms. The van der Waals surface area contributed by atoms with Gasteiger partial charge >= 0.3 is 18.1 Å². The summed E-state index contributed by atoms with van der Waals surface area (Å²) in [5, 5.41) is 11.0. The number of ether oxygens (including phenoxy) is 2. The second-order valence-electron chi connectivity index (χ2n) is 13.5. The summed E-state index contributed by atoms with van der Waals surface area (Å²) in [6.45, 7) is 11.1. The first-order chi connectivity index (χ1) is 22.5. The van der Waals surface area contributed by atoms with Crippen LogP contribution < -0.4 is 14.4 Å². The molecule has 4 aromatic rings. The molecule has 1 N–H and O–H groups in total. The maximum absolute atomic E-state index is 14.3. The summed E-state index contributed by atoms with van der Waals surface area (Å²) in [5.74, 6) is -2.49. The van der Waals surface area contributed by atoms with E-state index >= 15 is 0 Å². The van der Waals surface area contributed by atoms with Crippen molar-refractivity contribution < 1.29 is 37.3 Å². The summed E-state index contributed by atoms with van der Waals surface area (Å²) in [7, 11) is 0. The van der Waals surface area contributed by atoms with Gasteiger partial charge in [0, 0.05) is 28.5 Å². The number of aliphatic imine (C=N–C) groups is 1. The molecule has 0 saturated heterocycles. The molecule has 3 heterocycles. The van der Waals surface area contributed by atoms with E-state index in [1.807, 2.05) is 52.8 Å². The van der Waals surface area contributed by atoms with E-state index in [1.54, 1.807) is 24.3 Å². The Labute approximate surface area is 276 Å². The van der Waals surface area contributed by atoms with E-state index in [4.69, 9.17) is 14.5 Å². The number of amides is 1. The maximum Gasteiger partial charge on any atom is 0.471 e. The number of hydrogen-bond donors (Lipinski definition) is 1. The molecular formula is C37H36F3N3O5. The van der Waals surface area contributed by atoms with Gasteiger partial charge < -0.3 is 14.6 Å². The SMILES string of the molecule is CCOc1cc2c(c3c1OC(C)(C)C3)C(c1ccc(C(=O)O)c(N(Cc3ccc4ccccc4n3)C(=O)C(F)(F)F)c1C)=NC(C)(C)C2. The average molecular weight is 660 g/mol. The van der Waals surface area contributed by atoms with Gasteiger partial charge in [-0.15, -0.1) is 0 Å². The number of aromatic carboxylic acids is 1. The molecule has 0 atom stereocenters. The lowest BCUT2D eigenvalue weighted by molar-refractivity contribution is -0.170. The van der Waals surface area contributed by atoms with Crippen LogP contribution in [0.25, 0.3) is 10.9 Å². The van der Waals surface area contributed by atoms with Crippen molar-refractivity contribution in [3.8, 4) is 11.5 Å². The summed E-state index contributed by atoms with van der Waals surface area (Å²) < 4.78 is 55.2. The maximum atomic E-state index is 14.3. The molecule has 0 radical (unpaired) electrons. The van der Waals surface area contributed by atoms with Crippen molar-refractivity contribution in [2.45, 2.75) is 78.2 Å². The van der Waals surface area contributed by atoms with Crippen LogP contribution in [0.2, 0.25) is 0 Å². The number of halogens is 3. The van der Waals surface area contributed by atoms with E-state index in [-0.39, 0.29) is 16.9 Å². The number of aromatic nitrogens is 1. The van der Waals surface area contributed by atoms with Crippen molar-refractivity contribution in [1.82, 2.24) is 4.98 Å². The number of carboxylic acids is 1. The average Bonchev–Trinajstić information content (AvgIpc) is 3.33. The lowest BCUT2D eigenvalue weighted by Gasteiger charge is -2.33. The van der Waals surface area contributed by atoms with Crippen molar-refractivity contribution in [2.24, 2.45) is 4.99 Å². The number of hydrogen-bond acceptors (Lipinski definition) is 6. The monoisotopic (exact) mass is 659 g/mol. The Hall–Kier alpha value is -4.93. The predicted molar refractivity (Wildman–Crippen MR) is 177 cm³/mol. The Morgan fingerprint density at radius 3 is 2.46 bits per heavy atom. The normalized spacial score (nSPS) is 16.1. The molecule has 11 heteroatoms. The number of carboxylic acid groups (broad SMARTS) is 1. The first kappa shape index (κ1) is 33.0. The molecule has 0 aliphatic carbocycles. The van der Waals surface area contributed by atoms with Crippen molar-refractivity contribution in [1.29, 1.82) is 0 Å². The summed E-state index contributed by atoms with van der Waals surface area (Å²) in [6, 6.07) is 15.0. The Bertz CT molecular complexity index is 2020. The number of alkyl halides is 3. The molecule has 0 saturated carbocycles. The van der Waals surface area contributed by atoms with E-state index in [1.165, 1.54) is 19.1 Å². The molecule has 250 valence electrons. The lowest BCUT2D eigenvalue weighted by atomic mass is 9.80. The van der Waals surface area contributed by atoms with Gasteiger partial charge in [-0.3, -0.25) is 19.7 Å². The van der Waals surface area contributed by atoms with Gasteiger partial charge in [0.05, 0.1) is 46.9 Å². The first-order valence-corrected chi connectivity index (χ1v) is 15.7. The van der Waals surface area contributed by atoms with Gasteiger partial charge in [0.2, 0.25) is 0 Å². The minimum Gasteiger partial charge on any atom is -0.490 e. The number of para-hydroxylation sites is 1. The van der Waals surface area contributed by atoms with Gasteiger partial charge in [-0.2, -0.15) is 13.2 Å². The fourth-order valence-corrected chi connectivity index (χ4v) is 6.77. The van der Waals surface area contributed by atoms with Gasteiger partial charge in [0.1, 0.15) is 5.60 Å². The highest BCUT2D eigenvalue weighted by Gasteiger charge is 2.45. The van der Waals surface area contributed by atoms with Crippen LogP contribution in [-0.4, -0.2) is 51.6 Å². The molecule has 0 unspecified atom stereocenters. The molecule has 2 aliphatic rings. The molecule has 1 amide bonds. The zero-order chi connectivity index (χ0) is 34.8. The molecule has 6 rings (SSSR count). The number of rotatable bonds is 7. The summed E-state index contributed by atoms with van der Waals surface area (Å²) in [6.07, 6.45) is -4.22. The fraction of sp³-hybridized carbons (Fsp3) is 0.351. The topological polar surface area (TPSA) is 101 Å². The predicted octanol–water partition coefficient (Wildman–Crippen LogP) is 7.62. The van der Waals surface area contributed by atoms with Crippen LogP contribution in [-0.2, 0) is 24.2 Å². The van der Waals surface area contributed by atoms with Crippen LogP contribution in [0.3, 0.4) is 0 Å². The van der Waals surface area contributed by atoms with Gasteiger partial charge in [-0.25, -0.2) is 4.79 Å². The molecule has 48 heavy (non-hydrogen) atoms. The number of benzene rings is 3. The van der Waals surface area contributed by atoms with Crippen LogP contribution in [0.1, 0.15) is 78.5 Å². The van der Waals surface area contributed by atoms with Crippen molar-refractivity contribution in [3.05, 3.63) is 93.7 Å². The van der Waals surface area contributed by atoms with E-state index in [9.17, 15) is 27.9 Å². The van der Waals surface area contributed by atoms with Crippen LogP contribution in [0.15, 0.2) is 59.6 Å². The molecule has 2 aliphatic heterocycles. The molecule has 8 nitrogen and oxygen atoms in total. The highest BCUT2D eigenvalue weighted by atomic mass is 19.4. The molecule has 0 fully saturated rings. The summed E-state index contributed by atoms with van der Waals surface area (Å²) in [4.78, 5) is 35.9. The summed E-state index contributed by atoms with van der Waals surface area (Å²) in [5.41, 5.74) is 2.32. The van der Waals surface area contributed by atoms with Crippen LogP contribution in [0.5, 0.6) is 11.5 Å². The van der Waals surface area contributed by atoms with E-state index in [0.29, 0.717) is 52.6 Å². The number of nitrogens with zero attached hydrogens (tertiary/aromatic N) is 3. The van der Waals surface area contributed by atoms with Crippen molar-refractivity contribution in [2.75, 3.05) is 11.5 Å². The summed E-state index contributed by atoms with van der Waals surface area (Å²) >= 11 is 0. The third kappa shape index (κ3) is 5.97. The number of fused-ring (bicyclic) bond motifs is 4. The van der Waals surface area contributed by atoms with Crippen molar-refractivity contribution >= 4 is 34.2 Å². The second kappa shape index (κ2) is 11.6. The smallest absolute Gasteiger partial charge is 0.471 e. The fourth-order valence-electron chi connectivity index (χ4n) is 6.77. The van der Waals surface area contributed by atoms with Gasteiger partial charge in [0.25, 0.3) is 0 Å². The number of carbonyl (C=O) groups is 2.